The summed E-state index contributed by atoms with van der Waals surface area (Å²) in [5.41, 5.74) is 0.839. The molecule has 1 aromatic heterocycles. The van der Waals surface area contributed by atoms with Gasteiger partial charge in [0.25, 0.3) is 11.7 Å². The van der Waals surface area contributed by atoms with Crippen molar-refractivity contribution >= 4 is 28.5 Å². The number of carbonyl (C=O) groups is 1. The summed E-state index contributed by atoms with van der Waals surface area (Å²) in [6, 6.07) is 6.85. The van der Waals surface area contributed by atoms with Crippen molar-refractivity contribution in [3.05, 3.63) is 64.2 Å². The molecule has 0 unspecified atom stereocenters. The molecule has 0 saturated heterocycles. The van der Waals surface area contributed by atoms with E-state index in [1.165, 1.54) is 4.90 Å². The minimum absolute atomic E-state index is 0.0916. The molecule has 3 rings (SSSR count). The molecule has 4 nitrogen and oxygen atoms in total. The first-order chi connectivity index (χ1) is 13.9. The highest BCUT2D eigenvalue weighted by molar-refractivity contribution is 6.31. The number of aromatic amines is 1. The van der Waals surface area contributed by atoms with Gasteiger partial charge >= 0.3 is 0 Å². The molecule has 0 bridgehead atoms. The van der Waals surface area contributed by atoms with Crippen LogP contribution in [-0.4, -0.2) is 22.3 Å². The van der Waals surface area contributed by atoms with Gasteiger partial charge in [-0.25, -0.2) is 22.7 Å². The van der Waals surface area contributed by atoms with Crippen LogP contribution < -0.4 is 4.57 Å². The van der Waals surface area contributed by atoms with Gasteiger partial charge in [0.1, 0.15) is 17.9 Å². The standard InChI is InChI=1S/C21H21ClF3N3O/c1-3-9-27(21(29)19-14(23)6-7-15(24)20(19)25)12-18-26-16-8-5-13(22)11-17(16)28(18)10-4-2/h5-8,11H,3-4,9-10,12H2,1-2H3/p+1. The first-order valence-electron chi connectivity index (χ1n) is 9.50. The molecule has 3 aromatic rings. The molecule has 0 fully saturated rings. The molecule has 0 aliphatic carbocycles. The number of hydrogen-bond donors (Lipinski definition) is 1. The van der Waals surface area contributed by atoms with Crippen molar-refractivity contribution in [1.29, 1.82) is 0 Å². The predicted molar refractivity (Wildman–Crippen MR) is 105 cm³/mol. The minimum atomic E-state index is -1.47. The van der Waals surface area contributed by atoms with E-state index in [0.29, 0.717) is 29.9 Å². The van der Waals surface area contributed by atoms with Crippen LogP contribution in [0.2, 0.25) is 5.02 Å². The summed E-state index contributed by atoms with van der Waals surface area (Å²) in [4.78, 5) is 17.5. The lowest BCUT2D eigenvalue weighted by atomic mass is 10.1. The third-order valence-corrected chi connectivity index (χ3v) is 4.92. The van der Waals surface area contributed by atoms with Gasteiger partial charge in [-0.05, 0) is 37.1 Å². The second-order valence-corrected chi connectivity index (χ2v) is 7.27. The zero-order valence-electron chi connectivity index (χ0n) is 16.2. The quantitative estimate of drug-likeness (QED) is 0.421. The number of benzene rings is 2. The van der Waals surface area contributed by atoms with E-state index in [0.717, 1.165) is 23.5 Å². The van der Waals surface area contributed by atoms with Crippen LogP contribution in [0.4, 0.5) is 13.2 Å². The van der Waals surface area contributed by atoms with Gasteiger partial charge in [-0.1, -0.05) is 25.4 Å². The number of nitrogens with one attached hydrogen (secondary N) is 1. The van der Waals surface area contributed by atoms with E-state index in [4.69, 9.17) is 11.6 Å². The fraction of sp³-hybridized carbons (Fsp3) is 0.333. The van der Waals surface area contributed by atoms with Crippen LogP contribution in [0.25, 0.3) is 11.0 Å². The van der Waals surface area contributed by atoms with E-state index < -0.39 is 28.9 Å². The predicted octanol–water partition coefficient (Wildman–Crippen LogP) is 4.99. The summed E-state index contributed by atoms with van der Waals surface area (Å²) in [6.07, 6.45) is 1.41. The SMILES string of the molecule is CCCN(Cc1[nH]c2ccc(Cl)cc2[n+]1CCC)C(=O)c1c(F)ccc(F)c1F. The molecule has 29 heavy (non-hydrogen) atoms. The molecule has 1 amide bonds. The van der Waals surface area contributed by atoms with Crippen molar-refractivity contribution in [2.24, 2.45) is 0 Å². The van der Waals surface area contributed by atoms with Crippen LogP contribution in [0, 0.1) is 17.5 Å². The lowest BCUT2D eigenvalue weighted by Gasteiger charge is -2.21. The van der Waals surface area contributed by atoms with Crippen LogP contribution in [0.1, 0.15) is 42.9 Å². The fourth-order valence-corrected chi connectivity index (χ4v) is 3.56. The maximum absolute atomic E-state index is 14.2. The third kappa shape index (κ3) is 4.24. The zero-order valence-corrected chi connectivity index (χ0v) is 17.0. The highest BCUT2D eigenvalue weighted by Crippen LogP contribution is 2.21. The Kier molecular flexibility index (Phi) is 6.47. The second-order valence-electron chi connectivity index (χ2n) is 6.83. The van der Waals surface area contributed by atoms with E-state index >= 15 is 0 Å². The molecule has 2 aromatic carbocycles. The van der Waals surface area contributed by atoms with E-state index in [1.54, 1.807) is 6.07 Å². The molecule has 0 saturated carbocycles. The molecule has 1 heterocycles. The molecule has 1 N–H and O–H groups in total. The summed E-state index contributed by atoms with van der Waals surface area (Å²) in [6.45, 7) is 4.90. The normalized spacial score (nSPS) is 11.2. The highest BCUT2D eigenvalue weighted by atomic mass is 35.5. The fourth-order valence-electron chi connectivity index (χ4n) is 3.39. The molecular formula is C21H22ClF3N3O+. The zero-order chi connectivity index (χ0) is 21.1. The number of halogens is 4. The van der Waals surface area contributed by atoms with Crippen molar-refractivity contribution in [1.82, 2.24) is 9.88 Å². The molecule has 8 heteroatoms. The van der Waals surface area contributed by atoms with E-state index in [2.05, 4.69) is 4.98 Å². The average molecular weight is 425 g/mol. The van der Waals surface area contributed by atoms with Gasteiger partial charge in [-0.2, -0.15) is 0 Å². The largest absolute Gasteiger partial charge is 0.326 e. The monoisotopic (exact) mass is 424 g/mol. The number of hydrogen-bond acceptors (Lipinski definition) is 1. The third-order valence-electron chi connectivity index (χ3n) is 4.68. The van der Waals surface area contributed by atoms with E-state index in [-0.39, 0.29) is 13.1 Å². The summed E-state index contributed by atoms with van der Waals surface area (Å²) in [5, 5.41) is 0.582. The molecule has 0 aliphatic heterocycles. The number of H-pyrrole nitrogens is 1. The van der Waals surface area contributed by atoms with Crippen molar-refractivity contribution in [2.45, 2.75) is 39.8 Å². The van der Waals surface area contributed by atoms with Gasteiger partial charge in [0.15, 0.2) is 22.7 Å². The topological polar surface area (TPSA) is 40.0 Å². The number of carbonyl (C=O) groups excluding carboxylic acids is 1. The summed E-state index contributed by atoms with van der Waals surface area (Å²) in [5.74, 6) is -4.00. The summed E-state index contributed by atoms with van der Waals surface area (Å²) in [7, 11) is 0. The molecule has 154 valence electrons. The minimum Gasteiger partial charge on any atom is -0.326 e. The molecule has 0 aliphatic rings. The van der Waals surface area contributed by atoms with Crippen molar-refractivity contribution < 1.29 is 22.5 Å². The molecule has 0 radical (unpaired) electrons. The molecule has 0 spiro atoms. The number of amides is 1. The highest BCUT2D eigenvalue weighted by Gasteiger charge is 2.28. The van der Waals surface area contributed by atoms with Gasteiger partial charge in [-0.15, -0.1) is 0 Å². The Morgan fingerprint density at radius 3 is 2.52 bits per heavy atom. The van der Waals surface area contributed by atoms with Crippen molar-refractivity contribution in [3.63, 3.8) is 0 Å². The second kappa shape index (κ2) is 8.86. The van der Waals surface area contributed by atoms with Gasteiger partial charge in [0, 0.05) is 17.6 Å². The number of rotatable bonds is 7. The average Bonchev–Trinajstić information content (AvgIpc) is 3.01. The lowest BCUT2D eigenvalue weighted by Crippen LogP contribution is -2.42. The smallest absolute Gasteiger partial charge is 0.275 e. The van der Waals surface area contributed by atoms with E-state index in [9.17, 15) is 18.0 Å². The van der Waals surface area contributed by atoms with Gasteiger partial charge < -0.3 is 4.90 Å². The summed E-state index contributed by atoms with van der Waals surface area (Å²) < 4.78 is 43.9. The lowest BCUT2D eigenvalue weighted by molar-refractivity contribution is -0.679. The molecular weight excluding hydrogens is 403 g/mol. The van der Waals surface area contributed by atoms with Crippen LogP contribution in [0.3, 0.4) is 0 Å². The van der Waals surface area contributed by atoms with Gasteiger partial charge in [0.2, 0.25) is 0 Å². The van der Waals surface area contributed by atoms with Crippen molar-refractivity contribution in [3.8, 4) is 0 Å². The first kappa shape index (κ1) is 21.2. The first-order valence-corrected chi connectivity index (χ1v) is 9.87. The van der Waals surface area contributed by atoms with Crippen LogP contribution in [-0.2, 0) is 13.1 Å². The van der Waals surface area contributed by atoms with Gasteiger partial charge in [0.05, 0.1) is 6.54 Å². The Morgan fingerprint density at radius 1 is 1.10 bits per heavy atom. The van der Waals surface area contributed by atoms with Crippen LogP contribution in [0.15, 0.2) is 30.3 Å². The van der Waals surface area contributed by atoms with Crippen molar-refractivity contribution in [2.75, 3.05) is 6.54 Å². The van der Waals surface area contributed by atoms with Crippen LogP contribution in [0.5, 0.6) is 0 Å². The Labute approximate surface area is 171 Å². The van der Waals surface area contributed by atoms with E-state index in [1.807, 2.05) is 30.5 Å². The maximum atomic E-state index is 14.2. The number of imidazole rings is 1. The molecule has 0 atom stereocenters. The number of aromatic nitrogens is 2. The number of fused-ring (bicyclic) bond motifs is 1. The Balaban J connectivity index is 2.03. The summed E-state index contributed by atoms with van der Waals surface area (Å²) >= 11 is 6.13. The Bertz CT molecular complexity index is 1050. The van der Waals surface area contributed by atoms with Gasteiger partial charge in [-0.3, -0.25) is 4.79 Å². The maximum Gasteiger partial charge on any atom is 0.275 e. The van der Waals surface area contributed by atoms with Crippen LogP contribution >= 0.6 is 11.6 Å². The number of nitrogens with zero attached hydrogens (tertiary/aromatic N) is 2. The Hall–Kier alpha value is -2.54. The number of aryl methyl sites for hydroxylation is 1. The Morgan fingerprint density at radius 2 is 1.83 bits per heavy atom.